The maximum Gasteiger partial charge on any atom is 0.264 e. The molecule has 0 aliphatic heterocycles. The number of aromatic nitrogens is 4. The van der Waals surface area contributed by atoms with Crippen molar-refractivity contribution in [3.63, 3.8) is 0 Å². The Hall–Kier alpha value is -7.50. The molecule has 0 atom stereocenters. The molecule has 5 heteroatoms. The van der Waals surface area contributed by atoms with Gasteiger partial charge in [-0.3, -0.25) is 9.20 Å². The van der Waals surface area contributed by atoms with Crippen molar-refractivity contribution in [2.24, 2.45) is 0 Å². The van der Waals surface area contributed by atoms with Crippen molar-refractivity contribution < 1.29 is 0 Å². The van der Waals surface area contributed by atoms with Gasteiger partial charge >= 0.3 is 0 Å². The van der Waals surface area contributed by atoms with Crippen molar-refractivity contribution in [3.05, 3.63) is 192 Å². The fraction of sp³-hybridized carbons (Fsp3) is 0. The van der Waals surface area contributed by atoms with Crippen LogP contribution in [0.3, 0.4) is 0 Å². The number of hydrogen-bond donors (Lipinski definition) is 0. The highest BCUT2D eigenvalue weighted by molar-refractivity contribution is 6.15. The molecule has 0 aliphatic rings. The van der Waals surface area contributed by atoms with Gasteiger partial charge in [-0.15, -0.1) is 0 Å². The maximum absolute atomic E-state index is 14.5. The molecule has 5 nitrogen and oxygen atoms in total. The molecular formula is C50H30N4O. The van der Waals surface area contributed by atoms with E-state index in [1.54, 1.807) is 0 Å². The number of fused-ring (bicyclic) bond motifs is 8. The molecule has 256 valence electrons. The lowest BCUT2D eigenvalue weighted by molar-refractivity contribution is 1.13. The molecule has 0 spiro atoms. The molecule has 0 amide bonds. The highest BCUT2D eigenvalue weighted by Crippen LogP contribution is 2.40. The van der Waals surface area contributed by atoms with Gasteiger partial charge in [0.15, 0.2) is 0 Å². The summed E-state index contributed by atoms with van der Waals surface area (Å²) in [5.74, 6) is 0.646. The molecule has 0 radical (unpaired) electrons. The first-order chi connectivity index (χ1) is 27.2. The first kappa shape index (κ1) is 30.0. The molecule has 0 saturated heterocycles. The van der Waals surface area contributed by atoms with Crippen LogP contribution in [-0.2, 0) is 0 Å². The van der Waals surface area contributed by atoms with Crippen molar-refractivity contribution in [1.29, 1.82) is 0 Å². The van der Waals surface area contributed by atoms with Gasteiger partial charge in [0.2, 0.25) is 0 Å². The van der Waals surface area contributed by atoms with E-state index in [1.807, 2.05) is 28.7 Å². The fourth-order valence-electron chi connectivity index (χ4n) is 8.97. The number of imidazole rings is 1. The summed E-state index contributed by atoms with van der Waals surface area (Å²) in [6, 6.07) is 63.7. The summed E-state index contributed by atoms with van der Waals surface area (Å²) in [7, 11) is 0. The average molecular weight is 703 g/mol. The number of benzene rings is 8. The summed E-state index contributed by atoms with van der Waals surface area (Å²) >= 11 is 0. The average Bonchev–Trinajstić information content (AvgIpc) is 3.91. The first-order valence-electron chi connectivity index (χ1n) is 18.6. The van der Waals surface area contributed by atoms with Crippen LogP contribution in [0.2, 0.25) is 0 Å². The van der Waals surface area contributed by atoms with Gasteiger partial charge in [0.05, 0.1) is 33.1 Å². The highest BCUT2D eigenvalue weighted by Gasteiger charge is 2.22. The van der Waals surface area contributed by atoms with Gasteiger partial charge in [-0.2, -0.15) is 0 Å². The molecule has 0 bridgehead atoms. The maximum atomic E-state index is 14.5. The summed E-state index contributed by atoms with van der Waals surface area (Å²) in [6.45, 7) is 0. The summed E-state index contributed by atoms with van der Waals surface area (Å²) < 4.78 is 6.48. The van der Waals surface area contributed by atoms with E-state index >= 15 is 0 Å². The van der Waals surface area contributed by atoms with E-state index in [2.05, 4.69) is 167 Å². The first-order valence-corrected chi connectivity index (χ1v) is 18.6. The Labute approximate surface area is 314 Å². The molecule has 4 heterocycles. The zero-order chi connectivity index (χ0) is 36.2. The quantitative estimate of drug-likeness (QED) is 0.171. The Morgan fingerprint density at radius 1 is 0.364 bits per heavy atom. The third kappa shape index (κ3) is 4.23. The summed E-state index contributed by atoms with van der Waals surface area (Å²) in [6.07, 6.45) is 0. The van der Waals surface area contributed by atoms with Crippen LogP contribution in [0.4, 0.5) is 0 Å². The Bertz CT molecular complexity index is 3560. The van der Waals surface area contributed by atoms with Crippen LogP contribution >= 0.6 is 0 Å². The van der Waals surface area contributed by atoms with E-state index in [-0.39, 0.29) is 5.56 Å². The molecule has 4 aromatic heterocycles. The number of hydrogen-bond acceptors (Lipinski definition) is 2. The SMILES string of the molecule is O=c1c2ccccc2c2cc(-c3ccc4c(c3)c3ccccc3n4-c3ccccc3)cc3nc(-c4ccc5c(c4)c4ccccc4n5-c4ccccc4)n1c32. The van der Waals surface area contributed by atoms with E-state index in [4.69, 9.17) is 4.98 Å². The van der Waals surface area contributed by atoms with Gasteiger partial charge in [0.25, 0.3) is 5.56 Å². The summed E-state index contributed by atoms with van der Waals surface area (Å²) in [4.78, 5) is 19.8. The Morgan fingerprint density at radius 3 is 1.45 bits per heavy atom. The van der Waals surface area contributed by atoms with Crippen LogP contribution in [-0.4, -0.2) is 18.5 Å². The Balaban J connectivity index is 1.11. The van der Waals surface area contributed by atoms with Crippen LogP contribution in [0.25, 0.3) is 105 Å². The van der Waals surface area contributed by atoms with E-state index in [9.17, 15) is 4.79 Å². The Kier molecular flexibility index (Phi) is 6.14. The highest BCUT2D eigenvalue weighted by atomic mass is 16.1. The third-order valence-electron chi connectivity index (χ3n) is 11.4. The molecular weight excluding hydrogens is 673 g/mol. The molecule has 0 unspecified atom stereocenters. The van der Waals surface area contributed by atoms with Gasteiger partial charge in [-0.1, -0.05) is 97.1 Å². The van der Waals surface area contributed by atoms with Gasteiger partial charge in [-0.25, -0.2) is 4.98 Å². The molecule has 55 heavy (non-hydrogen) atoms. The normalized spacial score (nSPS) is 12.1. The molecule has 0 N–H and O–H groups in total. The molecule has 0 fully saturated rings. The van der Waals surface area contributed by atoms with Gasteiger partial charge in [0.1, 0.15) is 5.82 Å². The zero-order valence-electron chi connectivity index (χ0n) is 29.5. The zero-order valence-corrected chi connectivity index (χ0v) is 29.5. The Morgan fingerprint density at radius 2 is 0.836 bits per heavy atom. The molecule has 12 rings (SSSR count). The van der Waals surface area contributed by atoms with Gasteiger partial charge in [0, 0.05) is 49.3 Å². The minimum Gasteiger partial charge on any atom is -0.309 e. The lowest BCUT2D eigenvalue weighted by atomic mass is 9.98. The van der Waals surface area contributed by atoms with Gasteiger partial charge in [-0.05, 0) is 101 Å². The summed E-state index contributed by atoms with van der Waals surface area (Å²) in [5, 5.41) is 7.28. The van der Waals surface area contributed by atoms with Crippen LogP contribution < -0.4 is 5.56 Å². The molecule has 12 aromatic rings. The fourth-order valence-corrected chi connectivity index (χ4v) is 8.97. The second-order valence-corrected chi connectivity index (χ2v) is 14.4. The van der Waals surface area contributed by atoms with Crippen molar-refractivity contribution in [3.8, 4) is 33.9 Å². The molecule has 0 saturated carbocycles. The number of pyridine rings is 1. The largest absolute Gasteiger partial charge is 0.309 e. The van der Waals surface area contributed by atoms with E-state index < -0.39 is 0 Å². The van der Waals surface area contributed by atoms with Crippen LogP contribution in [0.5, 0.6) is 0 Å². The van der Waals surface area contributed by atoms with E-state index in [0.717, 1.165) is 77.2 Å². The van der Waals surface area contributed by atoms with Crippen LogP contribution in [0, 0.1) is 0 Å². The monoisotopic (exact) mass is 702 g/mol. The van der Waals surface area contributed by atoms with E-state index in [0.29, 0.717) is 11.2 Å². The minimum atomic E-state index is -0.0599. The molecule has 0 aliphatic carbocycles. The smallest absolute Gasteiger partial charge is 0.264 e. The standard InChI is InChI=1S/C50H30N4O/c55-50-39-20-8-7-17-36(39)42-29-33(31-23-25-46-40(27-31)37-18-9-11-21-44(37)52(46)34-13-3-1-4-14-34)30-43-48(42)54(50)49(51-43)32-24-26-47-41(28-32)38-19-10-12-22-45(38)53(47)35-15-5-2-6-16-35/h1-30H. The van der Waals surface area contributed by atoms with Gasteiger partial charge < -0.3 is 9.13 Å². The number of para-hydroxylation sites is 4. The summed E-state index contributed by atoms with van der Waals surface area (Å²) in [5.41, 5.74) is 11.4. The van der Waals surface area contributed by atoms with Crippen molar-refractivity contribution in [1.82, 2.24) is 18.5 Å². The second-order valence-electron chi connectivity index (χ2n) is 14.4. The van der Waals surface area contributed by atoms with E-state index in [1.165, 1.54) is 16.3 Å². The predicted molar refractivity (Wildman–Crippen MR) is 227 cm³/mol. The van der Waals surface area contributed by atoms with Crippen molar-refractivity contribution in [2.45, 2.75) is 0 Å². The number of rotatable bonds is 4. The predicted octanol–water partition coefficient (Wildman–Crippen LogP) is 12.0. The van der Waals surface area contributed by atoms with Crippen molar-refractivity contribution >= 4 is 70.8 Å². The number of nitrogens with zero attached hydrogens (tertiary/aromatic N) is 4. The minimum absolute atomic E-state index is 0.0599. The lowest BCUT2D eigenvalue weighted by Gasteiger charge is -2.10. The van der Waals surface area contributed by atoms with Crippen molar-refractivity contribution in [2.75, 3.05) is 0 Å². The van der Waals surface area contributed by atoms with Crippen LogP contribution in [0.15, 0.2) is 187 Å². The van der Waals surface area contributed by atoms with Crippen LogP contribution in [0.1, 0.15) is 0 Å². The third-order valence-corrected chi connectivity index (χ3v) is 11.4. The molecule has 8 aromatic carbocycles. The lowest BCUT2D eigenvalue weighted by Crippen LogP contribution is -2.14. The topological polar surface area (TPSA) is 44.2 Å². The second kappa shape index (κ2) is 11.3.